The van der Waals surface area contributed by atoms with Crippen LogP contribution in [0.25, 0.3) is 11.5 Å². The fourth-order valence-corrected chi connectivity index (χ4v) is 3.07. The quantitative estimate of drug-likeness (QED) is 0.549. The molecule has 1 N–H and O–H groups in total. The van der Waals surface area contributed by atoms with Crippen LogP contribution in [0.2, 0.25) is 0 Å². The van der Waals surface area contributed by atoms with Gasteiger partial charge in [0.1, 0.15) is 5.69 Å². The Kier molecular flexibility index (Phi) is 4.34. The topological polar surface area (TPSA) is 120 Å². The first-order valence-corrected chi connectivity index (χ1v) is 7.94. The van der Waals surface area contributed by atoms with E-state index in [1.807, 2.05) is 6.92 Å². The van der Waals surface area contributed by atoms with Crippen molar-refractivity contribution in [2.75, 3.05) is 11.1 Å². The normalized spacial score (nSPS) is 10.6. The summed E-state index contributed by atoms with van der Waals surface area (Å²) in [5.41, 5.74) is 0.419. The summed E-state index contributed by atoms with van der Waals surface area (Å²) in [6.45, 7) is 2.01. The molecule has 1 amide bonds. The molecule has 0 radical (unpaired) electrons. The van der Waals surface area contributed by atoms with Crippen molar-refractivity contribution in [1.29, 1.82) is 0 Å². The molecule has 22 heavy (non-hydrogen) atoms. The molecule has 3 aromatic rings. The van der Waals surface area contributed by atoms with Gasteiger partial charge in [-0.05, 0) is 5.75 Å². The number of nitrogens with zero attached hydrogens (tertiary/aromatic N) is 6. The van der Waals surface area contributed by atoms with Crippen LogP contribution >= 0.6 is 23.1 Å². The molecule has 112 valence electrons. The van der Waals surface area contributed by atoms with Crippen LogP contribution in [0.15, 0.2) is 27.5 Å². The molecule has 0 aromatic carbocycles. The van der Waals surface area contributed by atoms with Crippen molar-refractivity contribution in [2.24, 2.45) is 0 Å². The van der Waals surface area contributed by atoms with E-state index in [2.05, 4.69) is 35.6 Å². The van der Waals surface area contributed by atoms with Gasteiger partial charge in [-0.25, -0.2) is 4.98 Å². The number of aromatic nitrogens is 6. The Morgan fingerprint density at radius 1 is 1.41 bits per heavy atom. The lowest BCUT2D eigenvalue weighted by atomic mass is 10.4. The number of amides is 1. The van der Waals surface area contributed by atoms with Gasteiger partial charge in [0.25, 0.3) is 0 Å². The molecular weight excluding hydrogens is 326 g/mol. The number of thioether (sulfide) groups is 1. The Labute approximate surface area is 132 Å². The Bertz CT molecular complexity index is 774. The molecule has 0 atom stereocenters. The van der Waals surface area contributed by atoms with Crippen LogP contribution in [0.4, 0.5) is 5.13 Å². The van der Waals surface area contributed by atoms with E-state index < -0.39 is 5.91 Å². The van der Waals surface area contributed by atoms with E-state index in [1.165, 1.54) is 29.9 Å². The Balaban J connectivity index is 1.71. The largest absolute Gasteiger partial charge is 0.328 e. The van der Waals surface area contributed by atoms with Crippen LogP contribution in [0, 0.1) is 0 Å². The predicted octanol–water partition coefficient (Wildman–Crippen LogP) is 1.74. The van der Waals surface area contributed by atoms with E-state index in [9.17, 15) is 4.79 Å². The second kappa shape index (κ2) is 6.58. The number of hydrogen-bond acceptors (Lipinski definition) is 10. The first-order valence-electron chi connectivity index (χ1n) is 6.14. The highest BCUT2D eigenvalue weighted by atomic mass is 32.2. The van der Waals surface area contributed by atoms with Crippen LogP contribution in [0.3, 0.4) is 0 Å². The van der Waals surface area contributed by atoms with E-state index in [0.29, 0.717) is 10.8 Å². The Hall–Kier alpha value is -2.40. The van der Waals surface area contributed by atoms with Crippen LogP contribution in [-0.4, -0.2) is 42.0 Å². The molecule has 11 heteroatoms. The van der Waals surface area contributed by atoms with Crippen molar-refractivity contribution < 1.29 is 9.32 Å². The summed E-state index contributed by atoms with van der Waals surface area (Å²) in [5.74, 6) is 0.346. The van der Waals surface area contributed by atoms with Gasteiger partial charge in [-0.2, -0.15) is 4.98 Å². The van der Waals surface area contributed by atoms with Crippen LogP contribution in [-0.2, 0) is 0 Å². The smallest absolute Gasteiger partial charge is 0.316 e. The predicted molar refractivity (Wildman–Crippen MR) is 79.6 cm³/mol. The zero-order valence-corrected chi connectivity index (χ0v) is 12.9. The van der Waals surface area contributed by atoms with Gasteiger partial charge >= 0.3 is 11.8 Å². The maximum atomic E-state index is 12.0. The molecule has 3 heterocycles. The van der Waals surface area contributed by atoms with E-state index >= 15 is 0 Å². The number of carbonyl (C=O) groups is 1. The number of rotatable bonds is 5. The molecule has 3 rings (SSSR count). The average molecular weight is 335 g/mol. The molecule has 0 bridgehead atoms. The first-order chi connectivity index (χ1) is 10.8. The van der Waals surface area contributed by atoms with Crippen LogP contribution < -0.4 is 5.32 Å². The molecule has 0 saturated carbocycles. The molecule has 0 fully saturated rings. The molecule has 3 aromatic heterocycles. The highest BCUT2D eigenvalue weighted by Gasteiger charge is 2.18. The lowest BCUT2D eigenvalue weighted by Crippen LogP contribution is -2.12. The third kappa shape index (κ3) is 3.26. The molecular formula is C11H9N7O2S2. The zero-order valence-electron chi connectivity index (χ0n) is 11.3. The van der Waals surface area contributed by atoms with Crippen LogP contribution in [0.5, 0.6) is 0 Å². The summed E-state index contributed by atoms with van der Waals surface area (Å²) in [6, 6.07) is 0. The monoisotopic (exact) mass is 335 g/mol. The summed E-state index contributed by atoms with van der Waals surface area (Å²) in [6.07, 6.45) is 4.50. The summed E-state index contributed by atoms with van der Waals surface area (Å²) in [4.78, 5) is 23.9. The lowest BCUT2D eigenvalue weighted by molar-refractivity contribution is 0.0981. The van der Waals surface area contributed by atoms with E-state index in [1.54, 1.807) is 11.8 Å². The summed E-state index contributed by atoms with van der Waals surface area (Å²) in [5, 5.41) is 14.4. The minimum Gasteiger partial charge on any atom is -0.328 e. The highest BCUT2D eigenvalue weighted by Crippen LogP contribution is 2.25. The van der Waals surface area contributed by atoms with Crippen molar-refractivity contribution in [2.45, 2.75) is 11.3 Å². The highest BCUT2D eigenvalue weighted by molar-refractivity contribution is 8.01. The number of nitrogens with one attached hydrogen (secondary N) is 1. The summed E-state index contributed by atoms with van der Waals surface area (Å²) < 4.78 is 5.70. The minimum absolute atomic E-state index is 0.180. The van der Waals surface area contributed by atoms with E-state index in [-0.39, 0.29) is 11.7 Å². The number of hydrogen-bond donors (Lipinski definition) is 1. The molecule has 0 saturated heterocycles. The van der Waals surface area contributed by atoms with Crippen molar-refractivity contribution in [1.82, 2.24) is 30.3 Å². The summed E-state index contributed by atoms with van der Waals surface area (Å²) in [7, 11) is 0. The van der Waals surface area contributed by atoms with Gasteiger partial charge in [-0.3, -0.25) is 15.1 Å². The standard InChI is InChI=1S/C11H9N7O2S2/c1-2-21-11-17-16-10(22-11)15-8(19)9-14-7(18-20-9)6-5-12-3-4-13-6/h3-5H,2H2,1H3,(H,15,16,19). The Morgan fingerprint density at radius 3 is 3.09 bits per heavy atom. The van der Waals surface area contributed by atoms with Crippen molar-refractivity contribution in [3.8, 4) is 11.5 Å². The van der Waals surface area contributed by atoms with Crippen molar-refractivity contribution in [3.05, 3.63) is 24.5 Å². The molecule has 9 nitrogen and oxygen atoms in total. The molecule has 0 aliphatic rings. The average Bonchev–Trinajstić information content (AvgIpc) is 3.18. The maximum Gasteiger partial charge on any atom is 0.316 e. The minimum atomic E-state index is -0.549. The number of carbonyl (C=O) groups excluding carboxylic acids is 1. The molecule has 0 unspecified atom stereocenters. The number of anilines is 1. The van der Waals surface area contributed by atoms with Gasteiger partial charge in [-0.15, -0.1) is 10.2 Å². The van der Waals surface area contributed by atoms with Gasteiger partial charge < -0.3 is 4.52 Å². The first kappa shape index (κ1) is 14.5. The van der Waals surface area contributed by atoms with Gasteiger partial charge in [0.2, 0.25) is 11.0 Å². The third-order valence-electron chi connectivity index (χ3n) is 2.31. The summed E-state index contributed by atoms with van der Waals surface area (Å²) >= 11 is 2.83. The Morgan fingerprint density at radius 2 is 2.32 bits per heavy atom. The SMILES string of the molecule is CCSc1nnc(NC(=O)c2nc(-c3cnccn3)no2)s1. The fraction of sp³-hybridized carbons (Fsp3) is 0.182. The lowest BCUT2D eigenvalue weighted by Gasteiger charge is -1.93. The second-order valence-electron chi connectivity index (χ2n) is 3.77. The van der Waals surface area contributed by atoms with Crippen LogP contribution in [0.1, 0.15) is 17.6 Å². The van der Waals surface area contributed by atoms with E-state index in [4.69, 9.17) is 4.52 Å². The van der Waals surface area contributed by atoms with Gasteiger partial charge in [0, 0.05) is 12.4 Å². The fourth-order valence-electron chi connectivity index (χ4n) is 1.43. The van der Waals surface area contributed by atoms with Crippen molar-refractivity contribution in [3.63, 3.8) is 0 Å². The molecule has 0 aliphatic heterocycles. The van der Waals surface area contributed by atoms with Gasteiger partial charge in [-0.1, -0.05) is 35.2 Å². The van der Waals surface area contributed by atoms with Gasteiger partial charge in [0.05, 0.1) is 6.20 Å². The maximum absolute atomic E-state index is 12.0. The second-order valence-corrected chi connectivity index (χ2v) is 6.26. The molecule has 0 spiro atoms. The third-order valence-corrected chi connectivity index (χ3v) is 4.16. The molecule has 0 aliphatic carbocycles. The zero-order chi connectivity index (χ0) is 15.4. The van der Waals surface area contributed by atoms with Crippen molar-refractivity contribution >= 4 is 34.1 Å². The van der Waals surface area contributed by atoms with Gasteiger partial charge in [0.15, 0.2) is 4.34 Å². The van der Waals surface area contributed by atoms with E-state index in [0.717, 1.165) is 10.1 Å².